The zero-order chi connectivity index (χ0) is 12.0. The predicted molar refractivity (Wildman–Crippen MR) is 68.7 cm³/mol. The zero-order valence-electron chi connectivity index (χ0n) is 10.8. The van der Waals surface area contributed by atoms with Crippen LogP contribution in [0.1, 0.15) is 23.6 Å². The number of aryl methyl sites for hydroxylation is 2. The van der Waals surface area contributed by atoms with Crippen LogP contribution in [-0.2, 0) is 11.3 Å². The lowest BCUT2D eigenvalue weighted by molar-refractivity contribution is 0.158. The smallest absolute Gasteiger partial charge is 0.0499 e. The van der Waals surface area contributed by atoms with E-state index in [4.69, 9.17) is 4.74 Å². The number of hydrogen-bond donors (Lipinski definition) is 1. The minimum atomic E-state index is 0.566. The molecule has 0 amide bonds. The van der Waals surface area contributed by atoms with E-state index in [1.54, 1.807) is 7.11 Å². The molecule has 0 heterocycles. The lowest BCUT2D eigenvalue weighted by Crippen LogP contribution is -2.23. The third-order valence-electron chi connectivity index (χ3n) is 2.84. The van der Waals surface area contributed by atoms with E-state index in [0.717, 1.165) is 19.7 Å². The van der Waals surface area contributed by atoms with Crippen molar-refractivity contribution in [2.75, 3.05) is 20.3 Å². The maximum absolute atomic E-state index is 5.10. The van der Waals surface area contributed by atoms with Gasteiger partial charge in [0.2, 0.25) is 0 Å². The maximum Gasteiger partial charge on any atom is 0.0499 e. The summed E-state index contributed by atoms with van der Waals surface area (Å²) in [6, 6.07) is 6.63. The Hall–Kier alpha value is -0.860. The molecular formula is C14H23NO. The number of benzene rings is 1. The third kappa shape index (κ3) is 4.33. The highest BCUT2D eigenvalue weighted by atomic mass is 16.5. The Morgan fingerprint density at radius 1 is 1.25 bits per heavy atom. The molecule has 1 rings (SSSR count). The van der Waals surface area contributed by atoms with Gasteiger partial charge >= 0.3 is 0 Å². The maximum atomic E-state index is 5.10. The summed E-state index contributed by atoms with van der Waals surface area (Å²) in [7, 11) is 1.75. The van der Waals surface area contributed by atoms with E-state index in [9.17, 15) is 0 Å². The number of methoxy groups -OCH3 is 1. The molecule has 0 bridgehead atoms. The van der Waals surface area contributed by atoms with E-state index in [1.165, 1.54) is 16.7 Å². The average Bonchev–Trinajstić information content (AvgIpc) is 2.24. The van der Waals surface area contributed by atoms with Gasteiger partial charge in [-0.3, -0.25) is 0 Å². The minimum Gasteiger partial charge on any atom is -0.384 e. The summed E-state index contributed by atoms with van der Waals surface area (Å²) >= 11 is 0. The molecule has 0 spiro atoms. The van der Waals surface area contributed by atoms with Crippen molar-refractivity contribution in [2.45, 2.75) is 27.3 Å². The van der Waals surface area contributed by atoms with Crippen LogP contribution in [0.25, 0.3) is 0 Å². The first kappa shape index (κ1) is 13.2. The molecule has 1 atom stereocenters. The largest absolute Gasteiger partial charge is 0.384 e. The Bertz CT molecular complexity index is 323. The van der Waals surface area contributed by atoms with E-state index >= 15 is 0 Å². The van der Waals surface area contributed by atoms with E-state index in [0.29, 0.717) is 5.92 Å². The van der Waals surface area contributed by atoms with Crippen molar-refractivity contribution < 1.29 is 4.74 Å². The topological polar surface area (TPSA) is 21.3 Å². The van der Waals surface area contributed by atoms with Crippen molar-refractivity contribution in [2.24, 2.45) is 5.92 Å². The number of nitrogens with one attached hydrogen (secondary N) is 1. The Morgan fingerprint density at radius 2 is 2.00 bits per heavy atom. The molecule has 0 aliphatic rings. The highest BCUT2D eigenvalue weighted by Gasteiger charge is 2.01. The van der Waals surface area contributed by atoms with E-state index in [2.05, 4.69) is 44.3 Å². The summed E-state index contributed by atoms with van der Waals surface area (Å²) < 4.78 is 5.10. The summed E-state index contributed by atoms with van der Waals surface area (Å²) in [5.74, 6) is 0.566. The van der Waals surface area contributed by atoms with Crippen molar-refractivity contribution in [1.82, 2.24) is 5.32 Å². The van der Waals surface area contributed by atoms with Gasteiger partial charge in [-0.2, -0.15) is 0 Å². The summed E-state index contributed by atoms with van der Waals surface area (Å²) in [5, 5.41) is 3.45. The van der Waals surface area contributed by atoms with Gasteiger partial charge in [0.25, 0.3) is 0 Å². The third-order valence-corrected chi connectivity index (χ3v) is 2.84. The molecule has 2 nitrogen and oxygen atoms in total. The molecule has 0 saturated heterocycles. The number of rotatable bonds is 6. The first-order chi connectivity index (χ1) is 7.63. The molecule has 0 fully saturated rings. The van der Waals surface area contributed by atoms with Gasteiger partial charge in [0, 0.05) is 26.8 Å². The molecule has 1 unspecified atom stereocenters. The zero-order valence-corrected chi connectivity index (χ0v) is 10.8. The molecule has 1 aromatic carbocycles. The van der Waals surface area contributed by atoms with E-state index in [1.807, 2.05) is 0 Å². The molecule has 0 saturated carbocycles. The number of ether oxygens (including phenoxy) is 1. The second kappa shape index (κ2) is 6.66. The summed E-state index contributed by atoms with van der Waals surface area (Å²) in [4.78, 5) is 0. The lowest BCUT2D eigenvalue weighted by Gasteiger charge is -2.12. The standard InChI is InChI=1S/C14H23NO/c1-11(10-16-4)8-15-9-14-6-5-12(2)13(3)7-14/h5-7,11,15H,8-10H2,1-4H3. The lowest BCUT2D eigenvalue weighted by atomic mass is 10.1. The summed E-state index contributed by atoms with van der Waals surface area (Å²) in [6.07, 6.45) is 0. The highest BCUT2D eigenvalue weighted by Crippen LogP contribution is 2.09. The molecule has 0 aromatic heterocycles. The second-order valence-corrected chi connectivity index (χ2v) is 4.61. The van der Waals surface area contributed by atoms with Gasteiger partial charge in [-0.05, 0) is 36.5 Å². The van der Waals surface area contributed by atoms with Crippen molar-refractivity contribution in [1.29, 1.82) is 0 Å². The normalized spacial score (nSPS) is 12.8. The second-order valence-electron chi connectivity index (χ2n) is 4.61. The van der Waals surface area contributed by atoms with Gasteiger partial charge in [-0.25, -0.2) is 0 Å². The molecule has 1 aromatic rings. The van der Waals surface area contributed by atoms with Crippen LogP contribution >= 0.6 is 0 Å². The first-order valence-corrected chi connectivity index (χ1v) is 5.89. The van der Waals surface area contributed by atoms with Gasteiger partial charge in [0.1, 0.15) is 0 Å². The molecule has 0 radical (unpaired) electrons. The van der Waals surface area contributed by atoms with Gasteiger partial charge < -0.3 is 10.1 Å². The fourth-order valence-electron chi connectivity index (χ4n) is 1.72. The SMILES string of the molecule is COCC(C)CNCc1ccc(C)c(C)c1. The van der Waals surface area contributed by atoms with Crippen molar-refractivity contribution in [3.05, 3.63) is 34.9 Å². The van der Waals surface area contributed by atoms with Crippen molar-refractivity contribution >= 4 is 0 Å². The van der Waals surface area contributed by atoms with Crippen LogP contribution in [0.5, 0.6) is 0 Å². The van der Waals surface area contributed by atoms with E-state index in [-0.39, 0.29) is 0 Å². The van der Waals surface area contributed by atoms with Gasteiger partial charge in [-0.15, -0.1) is 0 Å². The Kier molecular flexibility index (Phi) is 5.50. The quantitative estimate of drug-likeness (QED) is 0.797. The van der Waals surface area contributed by atoms with Crippen molar-refractivity contribution in [3.8, 4) is 0 Å². The summed E-state index contributed by atoms with van der Waals surface area (Å²) in [5.41, 5.74) is 4.08. The Morgan fingerprint density at radius 3 is 2.62 bits per heavy atom. The molecular weight excluding hydrogens is 198 g/mol. The molecule has 2 heteroatoms. The summed E-state index contributed by atoms with van der Waals surface area (Å²) in [6.45, 7) is 9.26. The molecule has 90 valence electrons. The fourth-order valence-corrected chi connectivity index (χ4v) is 1.72. The monoisotopic (exact) mass is 221 g/mol. The molecule has 0 aliphatic carbocycles. The predicted octanol–water partition coefficient (Wildman–Crippen LogP) is 2.68. The molecule has 16 heavy (non-hydrogen) atoms. The van der Waals surface area contributed by atoms with Crippen LogP contribution in [0.2, 0.25) is 0 Å². The number of hydrogen-bond acceptors (Lipinski definition) is 2. The van der Waals surface area contributed by atoms with Gasteiger partial charge in [0.15, 0.2) is 0 Å². The first-order valence-electron chi connectivity index (χ1n) is 5.89. The fraction of sp³-hybridized carbons (Fsp3) is 0.571. The van der Waals surface area contributed by atoms with Gasteiger partial charge in [-0.1, -0.05) is 25.1 Å². The highest BCUT2D eigenvalue weighted by molar-refractivity contribution is 5.29. The van der Waals surface area contributed by atoms with Gasteiger partial charge in [0.05, 0.1) is 0 Å². The van der Waals surface area contributed by atoms with Crippen LogP contribution in [-0.4, -0.2) is 20.3 Å². The molecule has 0 aliphatic heterocycles. The minimum absolute atomic E-state index is 0.566. The van der Waals surface area contributed by atoms with E-state index < -0.39 is 0 Å². The van der Waals surface area contributed by atoms with Crippen LogP contribution in [0.4, 0.5) is 0 Å². The Labute approximate surface area is 99.0 Å². The van der Waals surface area contributed by atoms with Crippen LogP contribution in [0.3, 0.4) is 0 Å². The van der Waals surface area contributed by atoms with Crippen LogP contribution < -0.4 is 5.32 Å². The van der Waals surface area contributed by atoms with Crippen LogP contribution in [0, 0.1) is 19.8 Å². The molecule has 1 N–H and O–H groups in total. The van der Waals surface area contributed by atoms with Crippen molar-refractivity contribution in [3.63, 3.8) is 0 Å². The average molecular weight is 221 g/mol. The Balaban J connectivity index is 2.34. The van der Waals surface area contributed by atoms with Crippen LogP contribution in [0.15, 0.2) is 18.2 Å².